The van der Waals surface area contributed by atoms with Crippen LogP contribution in [0.5, 0.6) is 5.75 Å². The van der Waals surface area contributed by atoms with Crippen molar-refractivity contribution in [2.24, 2.45) is 5.16 Å². The van der Waals surface area contributed by atoms with E-state index >= 15 is 0 Å². The van der Waals surface area contributed by atoms with Crippen molar-refractivity contribution in [2.45, 2.75) is 0 Å². The molecule has 0 amide bonds. The molecule has 0 bridgehead atoms. The van der Waals surface area contributed by atoms with Crippen LogP contribution in [0.2, 0.25) is 0 Å². The number of hydrogen-bond acceptors (Lipinski definition) is 3. The van der Waals surface area contributed by atoms with E-state index in [1.54, 1.807) is 6.07 Å². The molecule has 3 aromatic rings. The summed E-state index contributed by atoms with van der Waals surface area (Å²) in [5.74, 6) is 0.102. The molecule has 3 aromatic carbocycles. The van der Waals surface area contributed by atoms with E-state index in [0.717, 1.165) is 22.3 Å². The summed E-state index contributed by atoms with van der Waals surface area (Å²) in [6.45, 7) is 0. The van der Waals surface area contributed by atoms with Gasteiger partial charge in [-0.15, -0.1) is 0 Å². The SMILES string of the molecule is O/N=C/c1ccc(-c2ccccc2)c(-c2ccccc2)c1O. The highest BCUT2D eigenvalue weighted by Crippen LogP contribution is 2.40. The van der Waals surface area contributed by atoms with E-state index in [-0.39, 0.29) is 5.75 Å². The van der Waals surface area contributed by atoms with Crippen LogP contribution in [0, 0.1) is 0 Å². The van der Waals surface area contributed by atoms with Gasteiger partial charge in [-0.1, -0.05) is 71.9 Å². The zero-order valence-electron chi connectivity index (χ0n) is 11.8. The molecular weight excluding hydrogens is 274 g/mol. The Bertz CT molecular complexity index is 796. The Labute approximate surface area is 128 Å². The fourth-order valence-electron chi connectivity index (χ4n) is 2.53. The third kappa shape index (κ3) is 2.56. The van der Waals surface area contributed by atoms with Gasteiger partial charge in [-0.25, -0.2) is 0 Å². The predicted molar refractivity (Wildman–Crippen MR) is 88.4 cm³/mol. The average Bonchev–Trinajstić information content (AvgIpc) is 2.58. The summed E-state index contributed by atoms with van der Waals surface area (Å²) in [6, 6.07) is 23.2. The lowest BCUT2D eigenvalue weighted by Crippen LogP contribution is -1.91. The molecule has 0 aliphatic heterocycles. The number of phenols is 1. The molecule has 3 nitrogen and oxygen atoms in total. The summed E-state index contributed by atoms with van der Waals surface area (Å²) < 4.78 is 0. The number of nitrogens with zero attached hydrogens (tertiary/aromatic N) is 1. The monoisotopic (exact) mass is 289 g/mol. The lowest BCUT2D eigenvalue weighted by atomic mass is 9.92. The van der Waals surface area contributed by atoms with Crippen molar-refractivity contribution in [1.82, 2.24) is 0 Å². The maximum absolute atomic E-state index is 10.6. The van der Waals surface area contributed by atoms with E-state index in [0.29, 0.717) is 5.56 Å². The van der Waals surface area contributed by atoms with Crippen LogP contribution in [0.1, 0.15) is 5.56 Å². The first kappa shape index (κ1) is 13.9. The van der Waals surface area contributed by atoms with E-state index in [1.807, 2.05) is 66.7 Å². The normalized spacial score (nSPS) is 10.9. The first-order valence-corrected chi connectivity index (χ1v) is 6.95. The highest BCUT2D eigenvalue weighted by Gasteiger charge is 2.14. The first-order chi connectivity index (χ1) is 10.8. The molecule has 0 spiro atoms. The Morgan fingerprint density at radius 2 is 1.32 bits per heavy atom. The van der Waals surface area contributed by atoms with E-state index < -0.39 is 0 Å². The molecule has 2 N–H and O–H groups in total. The van der Waals surface area contributed by atoms with Gasteiger partial charge in [0.05, 0.1) is 6.21 Å². The molecule has 0 atom stereocenters. The van der Waals surface area contributed by atoms with Gasteiger partial charge in [-0.2, -0.15) is 0 Å². The number of phenolic OH excluding ortho intramolecular Hbond substituents is 1. The van der Waals surface area contributed by atoms with Gasteiger partial charge < -0.3 is 10.3 Å². The molecule has 0 saturated carbocycles. The van der Waals surface area contributed by atoms with Crippen LogP contribution < -0.4 is 0 Å². The molecule has 108 valence electrons. The van der Waals surface area contributed by atoms with Crippen molar-refractivity contribution in [3.63, 3.8) is 0 Å². The molecule has 0 aliphatic rings. The van der Waals surface area contributed by atoms with Crippen LogP contribution in [-0.4, -0.2) is 16.5 Å². The Hall–Kier alpha value is -3.07. The summed E-state index contributed by atoms with van der Waals surface area (Å²) in [5.41, 5.74) is 4.06. The van der Waals surface area contributed by atoms with Crippen molar-refractivity contribution in [3.8, 4) is 28.0 Å². The van der Waals surface area contributed by atoms with E-state index in [2.05, 4.69) is 5.16 Å². The number of aromatic hydroxyl groups is 1. The van der Waals surface area contributed by atoms with Gasteiger partial charge in [0.2, 0.25) is 0 Å². The number of rotatable bonds is 3. The first-order valence-electron chi connectivity index (χ1n) is 6.95. The van der Waals surface area contributed by atoms with Crippen molar-refractivity contribution in [2.75, 3.05) is 0 Å². The maximum atomic E-state index is 10.6. The predicted octanol–water partition coefficient (Wildman–Crippen LogP) is 4.53. The summed E-state index contributed by atoms with van der Waals surface area (Å²) in [6.07, 6.45) is 1.23. The van der Waals surface area contributed by atoms with Gasteiger partial charge in [0.1, 0.15) is 5.75 Å². The van der Waals surface area contributed by atoms with Crippen LogP contribution in [0.25, 0.3) is 22.3 Å². The minimum atomic E-state index is 0.102. The minimum absolute atomic E-state index is 0.102. The van der Waals surface area contributed by atoms with Gasteiger partial charge in [0.15, 0.2) is 0 Å². The quantitative estimate of drug-likeness (QED) is 0.422. The summed E-state index contributed by atoms with van der Waals surface area (Å²) in [7, 11) is 0. The van der Waals surface area contributed by atoms with Crippen LogP contribution in [-0.2, 0) is 0 Å². The topological polar surface area (TPSA) is 52.8 Å². The Balaban J connectivity index is 2.29. The van der Waals surface area contributed by atoms with E-state index in [9.17, 15) is 5.11 Å². The summed E-state index contributed by atoms with van der Waals surface area (Å²) in [5, 5.41) is 22.4. The standard InChI is InChI=1S/C19H15NO2/c21-19-16(13-20-22)11-12-17(14-7-3-1-4-8-14)18(19)15-9-5-2-6-10-15/h1-13,21-22H/b20-13+. The number of oxime groups is 1. The zero-order valence-corrected chi connectivity index (χ0v) is 11.8. The lowest BCUT2D eigenvalue weighted by molar-refractivity contribution is 0.321. The second-order valence-corrected chi connectivity index (χ2v) is 4.90. The van der Waals surface area contributed by atoms with Crippen molar-refractivity contribution >= 4 is 6.21 Å². The molecule has 0 saturated heterocycles. The van der Waals surface area contributed by atoms with Crippen molar-refractivity contribution in [3.05, 3.63) is 78.4 Å². The third-order valence-electron chi connectivity index (χ3n) is 3.55. The highest BCUT2D eigenvalue weighted by molar-refractivity contribution is 5.95. The number of hydrogen-bond donors (Lipinski definition) is 2. The largest absolute Gasteiger partial charge is 0.507 e. The second-order valence-electron chi connectivity index (χ2n) is 4.90. The summed E-state index contributed by atoms with van der Waals surface area (Å²) in [4.78, 5) is 0. The molecule has 0 aromatic heterocycles. The molecule has 0 fully saturated rings. The molecule has 0 radical (unpaired) electrons. The van der Waals surface area contributed by atoms with Gasteiger partial charge >= 0.3 is 0 Å². The molecule has 0 unspecified atom stereocenters. The minimum Gasteiger partial charge on any atom is -0.507 e. The molecule has 3 heteroatoms. The Morgan fingerprint density at radius 3 is 1.91 bits per heavy atom. The van der Waals surface area contributed by atoms with E-state index in [4.69, 9.17) is 5.21 Å². The lowest BCUT2D eigenvalue weighted by Gasteiger charge is -2.14. The van der Waals surface area contributed by atoms with Crippen molar-refractivity contribution < 1.29 is 10.3 Å². The van der Waals surface area contributed by atoms with Crippen LogP contribution in [0.15, 0.2) is 78.0 Å². The Kier molecular flexibility index (Phi) is 3.88. The van der Waals surface area contributed by atoms with Crippen molar-refractivity contribution in [1.29, 1.82) is 0 Å². The third-order valence-corrected chi connectivity index (χ3v) is 3.55. The Morgan fingerprint density at radius 1 is 0.727 bits per heavy atom. The molecule has 3 rings (SSSR count). The average molecular weight is 289 g/mol. The van der Waals surface area contributed by atoms with Crippen LogP contribution in [0.3, 0.4) is 0 Å². The summed E-state index contributed by atoms with van der Waals surface area (Å²) >= 11 is 0. The smallest absolute Gasteiger partial charge is 0.132 e. The van der Waals surface area contributed by atoms with Gasteiger partial charge in [0.25, 0.3) is 0 Å². The van der Waals surface area contributed by atoms with E-state index in [1.165, 1.54) is 6.21 Å². The molecule has 22 heavy (non-hydrogen) atoms. The maximum Gasteiger partial charge on any atom is 0.132 e. The van der Waals surface area contributed by atoms with Crippen LogP contribution >= 0.6 is 0 Å². The molecular formula is C19H15NO2. The fraction of sp³-hybridized carbons (Fsp3) is 0. The molecule has 0 aliphatic carbocycles. The fourth-order valence-corrected chi connectivity index (χ4v) is 2.53. The van der Waals surface area contributed by atoms with Gasteiger partial charge in [0, 0.05) is 11.1 Å². The number of benzene rings is 3. The highest BCUT2D eigenvalue weighted by atomic mass is 16.4. The van der Waals surface area contributed by atoms with Crippen LogP contribution in [0.4, 0.5) is 0 Å². The van der Waals surface area contributed by atoms with Gasteiger partial charge in [-0.05, 0) is 22.8 Å². The molecule has 0 heterocycles. The van der Waals surface area contributed by atoms with Gasteiger partial charge in [-0.3, -0.25) is 0 Å². The second kappa shape index (κ2) is 6.14. The zero-order chi connectivity index (χ0) is 15.4.